The number of rotatable bonds is 6. The third kappa shape index (κ3) is 4.60. The molecule has 2 aromatic carbocycles. The van der Waals surface area contributed by atoms with Crippen LogP contribution >= 0.6 is 11.8 Å². The Morgan fingerprint density at radius 3 is 2.44 bits per heavy atom. The molecule has 1 aliphatic rings. The third-order valence-corrected chi connectivity index (χ3v) is 6.93. The van der Waals surface area contributed by atoms with Crippen LogP contribution in [0, 0.1) is 10.1 Å². The van der Waals surface area contributed by atoms with Gasteiger partial charge in [0.2, 0.25) is 0 Å². The van der Waals surface area contributed by atoms with Gasteiger partial charge in [-0.3, -0.25) is 14.9 Å². The Labute approximate surface area is 201 Å². The minimum Gasteiger partial charge on any atom is -0.362 e. The molecule has 0 unspecified atom stereocenters. The molecule has 1 fully saturated rings. The third-order valence-electron chi connectivity index (χ3n) is 5.89. The number of thioether (sulfide) groups is 1. The number of carbonyl (C=O) groups excluding carboxylic acids is 1. The Hall–Kier alpha value is -3.85. The van der Waals surface area contributed by atoms with E-state index in [0.29, 0.717) is 37.4 Å². The van der Waals surface area contributed by atoms with Crippen LogP contribution in [0.1, 0.15) is 16.1 Å². The summed E-state index contributed by atoms with van der Waals surface area (Å²) in [7, 11) is 0. The van der Waals surface area contributed by atoms with Gasteiger partial charge in [0.15, 0.2) is 0 Å². The summed E-state index contributed by atoms with van der Waals surface area (Å²) in [5, 5.41) is 11.3. The fourth-order valence-electron chi connectivity index (χ4n) is 4.13. The number of para-hydroxylation sites is 2. The van der Waals surface area contributed by atoms with Crippen LogP contribution in [0.25, 0.3) is 5.65 Å². The maximum Gasteiger partial charge on any atom is 0.292 e. The first-order valence-corrected chi connectivity index (χ1v) is 12.0. The van der Waals surface area contributed by atoms with Crippen LogP contribution in [0.2, 0.25) is 0 Å². The van der Waals surface area contributed by atoms with E-state index < -0.39 is 0 Å². The topological polar surface area (TPSA) is 84.0 Å². The van der Waals surface area contributed by atoms with Gasteiger partial charge in [-0.1, -0.05) is 18.2 Å². The maximum atomic E-state index is 13.0. The largest absolute Gasteiger partial charge is 0.362 e. The number of imidazole rings is 1. The number of amides is 1. The maximum absolute atomic E-state index is 13.0. The Kier molecular flexibility index (Phi) is 6.18. The van der Waals surface area contributed by atoms with Crippen LogP contribution in [0.3, 0.4) is 0 Å². The van der Waals surface area contributed by atoms with E-state index in [1.54, 1.807) is 30.0 Å². The lowest BCUT2D eigenvalue weighted by Gasteiger charge is -2.35. The SMILES string of the molecule is O=C(c1ccc(SCc2cn3ccccc3n2)cc1)N1CCN(c2ccccc2[N+](=O)[O-])CC1. The number of carbonyl (C=O) groups is 1. The van der Waals surface area contributed by atoms with Gasteiger partial charge in [-0.25, -0.2) is 4.98 Å². The number of hydrogen-bond donors (Lipinski definition) is 0. The number of piperazine rings is 1. The average molecular weight is 474 g/mol. The van der Waals surface area contributed by atoms with Crippen molar-refractivity contribution in [3.8, 4) is 0 Å². The number of fused-ring (bicyclic) bond motifs is 1. The normalized spacial score (nSPS) is 13.9. The van der Waals surface area contributed by atoms with Crippen LogP contribution < -0.4 is 4.90 Å². The second-order valence-corrected chi connectivity index (χ2v) is 9.09. The quantitative estimate of drug-likeness (QED) is 0.233. The number of anilines is 1. The minimum atomic E-state index is -0.360. The monoisotopic (exact) mass is 473 g/mol. The number of aromatic nitrogens is 2. The smallest absolute Gasteiger partial charge is 0.292 e. The summed E-state index contributed by atoms with van der Waals surface area (Å²) in [5.41, 5.74) is 3.29. The molecule has 3 heterocycles. The summed E-state index contributed by atoms with van der Waals surface area (Å²) >= 11 is 1.68. The molecule has 8 nitrogen and oxygen atoms in total. The van der Waals surface area contributed by atoms with Crippen LogP contribution in [0.5, 0.6) is 0 Å². The molecule has 0 saturated carbocycles. The second-order valence-electron chi connectivity index (χ2n) is 8.04. The van der Waals surface area contributed by atoms with Gasteiger partial charge in [-0.05, 0) is 42.5 Å². The van der Waals surface area contributed by atoms with E-state index in [9.17, 15) is 14.9 Å². The van der Waals surface area contributed by atoms with Gasteiger partial charge >= 0.3 is 0 Å². The van der Waals surface area contributed by atoms with E-state index in [2.05, 4.69) is 4.98 Å². The molecule has 1 amide bonds. The van der Waals surface area contributed by atoms with Crippen molar-refractivity contribution in [2.45, 2.75) is 10.6 Å². The lowest BCUT2D eigenvalue weighted by atomic mass is 10.1. The molecular formula is C25H23N5O3S. The van der Waals surface area contributed by atoms with Gasteiger partial charge in [-0.2, -0.15) is 0 Å². The molecule has 5 rings (SSSR count). The van der Waals surface area contributed by atoms with Crippen LogP contribution in [-0.2, 0) is 5.75 Å². The van der Waals surface area contributed by atoms with Crippen molar-refractivity contribution < 1.29 is 9.72 Å². The summed E-state index contributed by atoms with van der Waals surface area (Å²) in [4.78, 5) is 33.4. The zero-order chi connectivity index (χ0) is 23.5. The van der Waals surface area contributed by atoms with Crippen molar-refractivity contribution in [2.24, 2.45) is 0 Å². The summed E-state index contributed by atoms with van der Waals surface area (Å²) in [5.74, 6) is 0.738. The highest BCUT2D eigenvalue weighted by atomic mass is 32.2. The van der Waals surface area contributed by atoms with Crippen molar-refractivity contribution in [3.05, 3.63) is 100 Å². The molecule has 0 aliphatic carbocycles. The van der Waals surface area contributed by atoms with Gasteiger partial charge in [0.1, 0.15) is 11.3 Å². The molecule has 0 atom stereocenters. The van der Waals surface area contributed by atoms with Gasteiger partial charge in [0.05, 0.1) is 10.6 Å². The standard InChI is InChI=1S/C25H23N5O3S/c31-25(28-15-13-27(14-16-28)22-5-1-2-6-23(22)30(32)33)19-8-10-21(11-9-19)34-18-20-17-29-12-4-3-7-24(29)26-20/h1-12,17H,13-16,18H2. The molecule has 0 bridgehead atoms. The first-order chi connectivity index (χ1) is 16.6. The number of hydrogen-bond acceptors (Lipinski definition) is 6. The minimum absolute atomic E-state index is 0.0147. The number of benzene rings is 2. The van der Waals surface area contributed by atoms with E-state index in [4.69, 9.17) is 0 Å². The summed E-state index contributed by atoms with van der Waals surface area (Å²) in [6.07, 6.45) is 4.02. The van der Waals surface area contributed by atoms with Crippen molar-refractivity contribution in [1.29, 1.82) is 0 Å². The van der Waals surface area contributed by atoms with Crippen molar-refractivity contribution in [1.82, 2.24) is 14.3 Å². The van der Waals surface area contributed by atoms with E-state index in [1.807, 2.05) is 69.1 Å². The average Bonchev–Trinajstić information content (AvgIpc) is 3.30. The molecule has 1 aliphatic heterocycles. The highest BCUT2D eigenvalue weighted by Gasteiger charge is 2.26. The fourth-order valence-corrected chi connectivity index (χ4v) is 4.91. The summed E-state index contributed by atoms with van der Waals surface area (Å²) < 4.78 is 2.01. The molecule has 0 N–H and O–H groups in total. The predicted molar refractivity (Wildman–Crippen MR) is 132 cm³/mol. The highest BCUT2D eigenvalue weighted by Crippen LogP contribution is 2.29. The van der Waals surface area contributed by atoms with Crippen LogP contribution in [0.15, 0.2) is 84.0 Å². The van der Waals surface area contributed by atoms with Crippen LogP contribution in [-0.4, -0.2) is 51.3 Å². The molecule has 0 radical (unpaired) electrons. The van der Waals surface area contributed by atoms with E-state index in [-0.39, 0.29) is 16.5 Å². The molecule has 0 spiro atoms. The lowest BCUT2D eigenvalue weighted by Crippen LogP contribution is -2.48. The molecule has 9 heteroatoms. The molecule has 172 valence electrons. The second kappa shape index (κ2) is 9.56. The molecule has 2 aromatic heterocycles. The number of pyridine rings is 1. The Morgan fingerprint density at radius 1 is 0.971 bits per heavy atom. The Bertz CT molecular complexity index is 1300. The first-order valence-electron chi connectivity index (χ1n) is 11.0. The van der Waals surface area contributed by atoms with Gasteiger partial charge in [0, 0.05) is 60.9 Å². The van der Waals surface area contributed by atoms with Crippen LogP contribution in [0.4, 0.5) is 11.4 Å². The lowest BCUT2D eigenvalue weighted by molar-refractivity contribution is -0.384. The van der Waals surface area contributed by atoms with Crippen molar-refractivity contribution in [3.63, 3.8) is 0 Å². The number of nitrogens with zero attached hydrogens (tertiary/aromatic N) is 5. The van der Waals surface area contributed by atoms with Gasteiger partial charge in [-0.15, -0.1) is 11.8 Å². The number of nitro benzene ring substituents is 1. The molecular weight excluding hydrogens is 450 g/mol. The van der Waals surface area contributed by atoms with Crippen molar-refractivity contribution in [2.75, 3.05) is 31.1 Å². The summed E-state index contributed by atoms with van der Waals surface area (Å²) in [6.45, 7) is 2.16. The zero-order valence-corrected chi connectivity index (χ0v) is 19.2. The Morgan fingerprint density at radius 2 is 1.71 bits per heavy atom. The van der Waals surface area contributed by atoms with E-state index in [1.165, 1.54) is 6.07 Å². The van der Waals surface area contributed by atoms with E-state index in [0.717, 1.165) is 22.0 Å². The zero-order valence-electron chi connectivity index (χ0n) is 18.4. The highest BCUT2D eigenvalue weighted by molar-refractivity contribution is 7.98. The predicted octanol–water partition coefficient (Wildman–Crippen LogP) is 4.50. The molecule has 34 heavy (non-hydrogen) atoms. The van der Waals surface area contributed by atoms with Gasteiger partial charge in [0.25, 0.3) is 11.6 Å². The van der Waals surface area contributed by atoms with E-state index >= 15 is 0 Å². The number of nitro groups is 1. The first kappa shape index (κ1) is 22.0. The molecule has 4 aromatic rings. The summed E-state index contributed by atoms with van der Waals surface area (Å²) in [6, 6.07) is 20.3. The van der Waals surface area contributed by atoms with Gasteiger partial charge < -0.3 is 14.2 Å². The van der Waals surface area contributed by atoms with Crippen molar-refractivity contribution >= 4 is 34.7 Å². The fraction of sp³-hybridized carbons (Fsp3) is 0.200. The Balaban J connectivity index is 1.17. The molecule has 1 saturated heterocycles.